The molecule has 2 N–H and O–H groups in total. The highest BCUT2D eigenvalue weighted by molar-refractivity contribution is 5.99. The molecule has 0 aromatic heterocycles. The number of benzene rings is 1. The molecule has 0 atom stereocenters. The third-order valence-corrected chi connectivity index (χ3v) is 5.60. The van der Waals surface area contributed by atoms with Crippen LogP contribution in [0.15, 0.2) is 36.0 Å². The molecule has 2 rings (SSSR count). The zero-order chi connectivity index (χ0) is 22.3. The number of nitriles is 1. The third-order valence-electron chi connectivity index (χ3n) is 5.60. The van der Waals surface area contributed by atoms with Crippen molar-refractivity contribution in [2.45, 2.75) is 83.6 Å². The van der Waals surface area contributed by atoms with Gasteiger partial charge in [-0.1, -0.05) is 69.9 Å². The van der Waals surface area contributed by atoms with Crippen LogP contribution in [0.5, 0.6) is 0 Å². The van der Waals surface area contributed by atoms with Gasteiger partial charge in [0, 0.05) is 12.2 Å². The molecule has 6 heteroatoms. The lowest BCUT2D eigenvalue weighted by Crippen LogP contribution is -2.35. The zero-order valence-corrected chi connectivity index (χ0v) is 18.6. The number of rotatable bonds is 6. The van der Waals surface area contributed by atoms with Crippen molar-refractivity contribution in [2.24, 2.45) is 0 Å². The van der Waals surface area contributed by atoms with Gasteiger partial charge in [-0.15, -0.1) is 0 Å². The summed E-state index contributed by atoms with van der Waals surface area (Å²) in [6.45, 7) is 2.02. The number of amides is 1. The van der Waals surface area contributed by atoms with E-state index >= 15 is 0 Å². The van der Waals surface area contributed by atoms with E-state index in [1.54, 1.807) is 31.2 Å². The second-order valence-electron chi connectivity index (χ2n) is 8.01. The smallest absolute Gasteiger partial charge is 0.340 e. The average Bonchev–Trinajstić information content (AvgIpc) is 2.76. The van der Waals surface area contributed by atoms with E-state index in [1.807, 2.05) is 6.07 Å². The van der Waals surface area contributed by atoms with Crippen LogP contribution in [-0.2, 0) is 9.53 Å². The maximum Gasteiger partial charge on any atom is 0.340 e. The highest BCUT2D eigenvalue weighted by Crippen LogP contribution is 2.18. The van der Waals surface area contributed by atoms with Gasteiger partial charge in [0.2, 0.25) is 0 Å². The molecule has 0 aliphatic heterocycles. The average molecular weight is 426 g/mol. The quantitative estimate of drug-likeness (QED) is 0.358. The minimum Gasteiger partial charge on any atom is -0.462 e. The van der Waals surface area contributed by atoms with Gasteiger partial charge in [-0.3, -0.25) is 4.79 Å². The van der Waals surface area contributed by atoms with Crippen molar-refractivity contribution in [3.05, 3.63) is 41.6 Å². The van der Waals surface area contributed by atoms with Crippen LogP contribution in [0.25, 0.3) is 0 Å². The van der Waals surface area contributed by atoms with Crippen LogP contribution in [0.4, 0.5) is 5.69 Å². The first kappa shape index (κ1) is 24.5. The summed E-state index contributed by atoms with van der Waals surface area (Å²) < 4.78 is 5.06. The molecule has 1 saturated carbocycles. The largest absolute Gasteiger partial charge is 0.462 e. The number of hydrogen-bond donors (Lipinski definition) is 2. The summed E-state index contributed by atoms with van der Waals surface area (Å²) >= 11 is 0. The van der Waals surface area contributed by atoms with Gasteiger partial charge in [0.1, 0.15) is 11.6 Å². The van der Waals surface area contributed by atoms with Gasteiger partial charge in [0.05, 0.1) is 17.9 Å². The molecule has 0 radical (unpaired) electrons. The standard InChI is InChI=1S/C25H35N3O3/c1-2-31-25(30)22-16-12-13-17-23(22)27-19-20(18-26)24(29)28-21-14-10-8-6-4-3-5-7-9-11-15-21/h12-13,16-17,19,21,27H,2-11,14-15H2,1H3,(H,28,29)/b20-19-. The van der Waals surface area contributed by atoms with Crippen molar-refractivity contribution in [3.63, 3.8) is 0 Å². The van der Waals surface area contributed by atoms with Gasteiger partial charge < -0.3 is 15.4 Å². The number of anilines is 1. The number of esters is 1. The summed E-state index contributed by atoms with van der Waals surface area (Å²) in [4.78, 5) is 24.8. The molecule has 0 bridgehead atoms. The van der Waals surface area contributed by atoms with Crippen LogP contribution in [0.3, 0.4) is 0 Å². The van der Waals surface area contributed by atoms with E-state index in [2.05, 4.69) is 10.6 Å². The van der Waals surface area contributed by atoms with E-state index in [9.17, 15) is 14.9 Å². The number of nitrogens with one attached hydrogen (secondary N) is 2. The number of carbonyl (C=O) groups excluding carboxylic acids is 2. The fourth-order valence-electron chi connectivity index (χ4n) is 3.87. The Labute approximate surface area is 186 Å². The molecule has 0 saturated heterocycles. The maximum absolute atomic E-state index is 12.7. The lowest BCUT2D eigenvalue weighted by molar-refractivity contribution is -0.117. The second-order valence-corrected chi connectivity index (χ2v) is 8.01. The molecule has 1 aliphatic rings. The number of hydrogen-bond acceptors (Lipinski definition) is 5. The first-order valence-electron chi connectivity index (χ1n) is 11.6. The van der Waals surface area contributed by atoms with E-state index < -0.39 is 5.97 Å². The molecule has 1 aromatic rings. The van der Waals surface area contributed by atoms with Gasteiger partial charge in [-0.05, 0) is 31.9 Å². The van der Waals surface area contributed by atoms with Crippen molar-refractivity contribution in [1.29, 1.82) is 5.26 Å². The molecule has 0 unspecified atom stereocenters. The lowest BCUT2D eigenvalue weighted by atomic mass is 9.98. The van der Waals surface area contributed by atoms with E-state index in [-0.39, 0.29) is 24.1 Å². The summed E-state index contributed by atoms with van der Waals surface area (Å²) in [6.07, 6.45) is 14.3. The van der Waals surface area contributed by atoms with E-state index in [4.69, 9.17) is 4.74 Å². The van der Waals surface area contributed by atoms with Crippen LogP contribution in [0.2, 0.25) is 0 Å². The second kappa shape index (κ2) is 14.2. The molecule has 0 heterocycles. The Bertz CT molecular complexity index is 770. The number of nitrogens with zero attached hydrogens (tertiary/aromatic N) is 1. The van der Waals surface area contributed by atoms with Crippen LogP contribution < -0.4 is 10.6 Å². The zero-order valence-electron chi connectivity index (χ0n) is 18.6. The van der Waals surface area contributed by atoms with Crippen LogP contribution >= 0.6 is 0 Å². The number of ether oxygens (including phenoxy) is 1. The maximum atomic E-state index is 12.7. The fourth-order valence-corrected chi connectivity index (χ4v) is 3.87. The Balaban J connectivity index is 2.01. The number of carbonyl (C=O) groups is 2. The van der Waals surface area contributed by atoms with Gasteiger partial charge in [-0.2, -0.15) is 5.26 Å². The van der Waals surface area contributed by atoms with Crippen molar-refractivity contribution in [3.8, 4) is 6.07 Å². The molecule has 1 aromatic carbocycles. The Morgan fingerprint density at radius 1 is 1.03 bits per heavy atom. The fraction of sp³-hybridized carbons (Fsp3) is 0.560. The predicted molar refractivity (Wildman–Crippen MR) is 122 cm³/mol. The van der Waals surface area contributed by atoms with Crippen LogP contribution in [0.1, 0.15) is 87.9 Å². The van der Waals surface area contributed by atoms with Crippen LogP contribution in [-0.4, -0.2) is 24.5 Å². The van der Waals surface area contributed by atoms with Crippen molar-refractivity contribution >= 4 is 17.6 Å². The monoisotopic (exact) mass is 425 g/mol. The van der Waals surface area contributed by atoms with Crippen molar-refractivity contribution < 1.29 is 14.3 Å². The summed E-state index contributed by atoms with van der Waals surface area (Å²) in [7, 11) is 0. The van der Waals surface area contributed by atoms with Crippen LogP contribution in [0, 0.1) is 11.3 Å². The van der Waals surface area contributed by atoms with E-state index in [0.717, 1.165) is 25.7 Å². The highest BCUT2D eigenvalue weighted by Gasteiger charge is 2.17. The summed E-state index contributed by atoms with van der Waals surface area (Å²) in [5.74, 6) is -0.823. The van der Waals surface area contributed by atoms with Gasteiger partial charge in [0.15, 0.2) is 0 Å². The molecular weight excluding hydrogens is 390 g/mol. The molecule has 0 spiro atoms. The van der Waals surface area contributed by atoms with Gasteiger partial charge in [-0.25, -0.2) is 4.79 Å². The third kappa shape index (κ3) is 8.84. The minimum absolute atomic E-state index is 0.00946. The molecule has 1 amide bonds. The Kier molecular flexibility index (Phi) is 11.2. The Morgan fingerprint density at radius 2 is 1.61 bits per heavy atom. The number of para-hydroxylation sites is 1. The summed E-state index contributed by atoms with van der Waals surface area (Å²) in [5.41, 5.74) is 0.842. The normalized spacial score (nSPS) is 16.8. The Morgan fingerprint density at radius 3 is 2.19 bits per heavy atom. The molecule has 1 fully saturated rings. The lowest BCUT2D eigenvalue weighted by Gasteiger charge is -2.19. The topological polar surface area (TPSA) is 91.2 Å². The molecule has 168 valence electrons. The molecule has 1 aliphatic carbocycles. The molecule has 6 nitrogen and oxygen atoms in total. The Hall–Kier alpha value is -2.81. The minimum atomic E-state index is -0.449. The SMILES string of the molecule is CCOC(=O)c1ccccc1N/C=C(/C#N)C(=O)NC1CCCCCCCCCCC1. The first-order valence-corrected chi connectivity index (χ1v) is 11.6. The van der Waals surface area contributed by atoms with Crippen molar-refractivity contribution in [1.82, 2.24) is 5.32 Å². The van der Waals surface area contributed by atoms with Gasteiger partial charge in [0.25, 0.3) is 5.91 Å². The van der Waals surface area contributed by atoms with E-state index in [1.165, 1.54) is 51.1 Å². The highest BCUT2D eigenvalue weighted by atomic mass is 16.5. The first-order chi connectivity index (χ1) is 15.2. The van der Waals surface area contributed by atoms with E-state index in [0.29, 0.717) is 11.3 Å². The predicted octanol–water partition coefficient (Wildman–Crippen LogP) is 5.47. The summed E-state index contributed by atoms with van der Waals surface area (Å²) in [5, 5.41) is 15.5. The molecule has 31 heavy (non-hydrogen) atoms. The summed E-state index contributed by atoms with van der Waals surface area (Å²) in [6, 6.07) is 8.93. The van der Waals surface area contributed by atoms with Gasteiger partial charge >= 0.3 is 5.97 Å². The molecular formula is C25H35N3O3. The van der Waals surface area contributed by atoms with Crippen molar-refractivity contribution in [2.75, 3.05) is 11.9 Å².